The number of hydrogen-bond acceptors (Lipinski definition) is 4. The molecule has 2 atom stereocenters. The molecule has 2 aliphatic heterocycles. The molecule has 0 saturated carbocycles. The summed E-state index contributed by atoms with van der Waals surface area (Å²) in [5, 5.41) is 5.20. The van der Waals surface area contributed by atoms with E-state index in [2.05, 4.69) is 10.6 Å². The Morgan fingerprint density at radius 2 is 2.15 bits per heavy atom. The van der Waals surface area contributed by atoms with E-state index in [9.17, 15) is 14.4 Å². The minimum Gasteiger partial charge on any atom is -0.381 e. The number of rotatable bonds is 3. The van der Waals surface area contributed by atoms with Crippen molar-refractivity contribution in [3.63, 3.8) is 0 Å². The summed E-state index contributed by atoms with van der Waals surface area (Å²) < 4.78 is 5.44. The van der Waals surface area contributed by atoms with Crippen LogP contribution in [0.25, 0.3) is 0 Å². The van der Waals surface area contributed by atoms with Crippen molar-refractivity contribution in [2.24, 2.45) is 11.3 Å². The molecule has 2 heterocycles. The van der Waals surface area contributed by atoms with Gasteiger partial charge >= 0.3 is 0 Å². The monoisotopic (exact) mass is 283 g/mol. The van der Waals surface area contributed by atoms with Crippen LogP contribution in [0.15, 0.2) is 0 Å². The van der Waals surface area contributed by atoms with Gasteiger partial charge in [-0.3, -0.25) is 14.4 Å². The van der Waals surface area contributed by atoms with Gasteiger partial charge in [0.25, 0.3) is 0 Å². The molecule has 0 radical (unpaired) electrons. The van der Waals surface area contributed by atoms with E-state index in [0.717, 1.165) is 0 Å². The molecule has 0 spiro atoms. The van der Waals surface area contributed by atoms with E-state index in [4.69, 9.17) is 4.74 Å². The van der Waals surface area contributed by atoms with Crippen LogP contribution in [0.4, 0.5) is 0 Å². The van der Waals surface area contributed by atoms with Crippen LogP contribution in [0.2, 0.25) is 0 Å². The Kier molecular flexibility index (Phi) is 4.27. The topological polar surface area (TPSA) is 87.7 Å². The van der Waals surface area contributed by atoms with Gasteiger partial charge < -0.3 is 20.3 Å². The summed E-state index contributed by atoms with van der Waals surface area (Å²) in [6.45, 7) is 3.30. The molecule has 0 aromatic carbocycles. The molecule has 7 nitrogen and oxygen atoms in total. The number of nitrogens with zero attached hydrogens (tertiary/aromatic N) is 1. The molecule has 0 aromatic heterocycles. The molecule has 0 unspecified atom stereocenters. The highest BCUT2D eigenvalue weighted by atomic mass is 16.5. The normalized spacial score (nSPS) is 28.7. The van der Waals surface area contributed by atoms with Crippen LogP contribution in [-0.4, -0.2) is 62.5 Å². The van der Waals surface area contributed by atoms with Crippen molar-refractivity contribution < 1.29 is 19.1 Å². The van der Waals surface area contributed by atoms with Gasteiger partial charge in [0, 0.05) is 39.6 Å². The summed E-state index contributed by atoms with van der Waals surface area (Å²) in [7, 11) is 1.62. The molecule has 7 heteroatoms. The summed E-state index contributed by atoms with van der Waals surface area (Å²) in [6, 6.07) is 0. The largest absolute Gasteiger partial charge is 0.381 e. The highest BCUT2D eigenvalue weighted by molar-refractivity contribution is 5.87. The fraction of sp³-hybridized carbons (Fsp3) is 0.769. The molecule has 2 fully saturated rings. The predicted octanol–water partition coefficient (Wildman–Crippen LogP) is -1.27. The lowest BCUT2D eigenvalue weighted by atomic mass is 9.73. The molecule has 0 aromatic rings. The molecule has 112 valence electrons. The smallest absolute Gasteiger partial charge is 0.242 e. The number of ether oxygens (including phenoxy) is 1. The van der Waals surface area contributed by atoms with Crippen LogP contribution >= 0.6 is 0 Å². The van der Waals surface area contributed by atoms with E-state index in [0.29, 0.717) is 32.7 Å². The average molecular weight is 283 g/mol. The minimum absolute atomic E-state index is 0.0211. The van der Waals surface area contributed by atoms with E-state index in [-0.39, 0.29) is 30.2 Å². The fourth-order valence-electron chi connectivity index (χ4n) is 3.07. The first-order chi connectivity index (χ1) is 9.49. The lowest BCUT2D eigenvalue weighted by Gasteiger charge is -2.36. The maximum atomic E-state index is 12.2. The van der Waals surface area contributed by atoms with Crippen molar-refractivity contribution in [1.29, 1.82) is 0 Å². The van der Waals surface area contributed by atoms with Crippen LogP contribution in [-0.2, 0) is 19.1 Å². The Bertz CT molecular complexity index is 426. The van der Waals surface area contributed by atoms with Crippen LogP contribution in [0, 0.1) is 11.3 Å². The molecule has 20 heavy (non-hydrogen) atoms. The van der Waals surface area contributed by atoms with Gasteiger partial charge in [-0.05, 0) is 6.42 Å². The summed E-state index contributed by atoms with van der Waals surface area (Å²) in [5.74, 6) is -0.393. The van der Waals surface area contributed by atoms with Gasteiger partial charge in [-0.15, -0.1) is 0 Å². The Morgan fingerprint density at radius 1 is 1.40 bits per heavy atom. The number of carbonyl (C=O) groups excluding carboxylic acids is 3. The number of amides is 3. The van der Waals surface area contributed by atoms with Crippen LogP contribution in [0.3, 0.4) is 0 Å². The first-order valence-electron chi connectivity index (χ1n) is 6.82. The zero-order chi connectivity index (χ0) is 14.8. The lowest BCUT2D eigenvalue weighted by Crippen LogP contribution is -2.49. The first kappa shape index (κ1) is 14.8. The van der Waals surface area contributed by atoms with Crippen LogP contribution in [0.1, 0.15) is 13.3 Å². The Balaban J connectivity index is 2.07. The Labute approximate surface area is 118 Å². The molecule has 2 rings (SSSR count). The maximum Gasteiger partial charge on any atom is 0.242 e. The zero-order valence-corrected chi connectivity index (χ0v) is 11.9. The standard InChI is InChI=1S/C13H21N3O4/c1-9(17)15-5-11(18)16-6-10-7-20-4-3-13(10,8-16)12(19)14-2/h10H,3-8H2,1-2H3,(H,14,19)(H,15,17)/t10-,13+/m1/s1. The minimum atomic E-state index is -0.543. The van der Waals surface area contributed by atoms with E-state index in [1.807, 2.05) is 0 Å². The fourth-order valence-corrected chi connectivity index (χ4v) is 3.07. The van der Waals surface area contributed by atoms with Gasteiger partial charge in [-0.2, -0.15) is 0 Å². The van der Waals surface area contributed by atoms with E-state index < -0.39 is 5.41 Å². The SMILES string of the molecule is CNC(=O)[C@]12CCOC[C@H]1CN(C(=O)CNC(C)=O)C2. The van der Waals surface area contributed by atoms with Gasteiger partial charge in [0.15, 0.2) is 0 Å². The predicted molar refractivity (Wildman–Crippen MR) is 70.7 cm³/mol. The second-order valence-corrected chi connectivity index (χ2v) is 5.44. The van der Waals surface area contributed by atoms with Crippen molar-refractivity contribution in [2.45, 2.75) is 13.3 Å². The lowest BCUT2D eigenvalue weighted by molar-refractivity contribution is -0.139. The second kappa shape index (κ2) is 5.78. The number of hydrogen-bond donors (Lipinski definition) is 2. The Hall–Kier alpha value is -1.63. The molecular weight excluding hydrogens is 262 g/mol. The number of fused-ring (bicyclic) bond motifs is 1. The average Bonchev–Trinajstić information content (AvgIpc) is 2.84. The first-order valence-corrected chi connectivity index (χ1v) is 6.82. The van der Waals surface area contributed by atoms with E-state index in [1.165, 1.54) is 6.92 Å². The zero-order valence-electron chi connectivity index (χ0n) is 11.9. The van der Waals surface area contributed by atoms with Gasteiger partial charge in [0.1, 0.15) is 0 Å². The molecule has 0 aliphatic carbocycles. The van der Waals surface area contributed by atoms with Gasteiger partial charge in [0.05, 0.1) is 18.6 Å². The highest BCUT2D eigenvalue weighted by Gasteiger charge is 2.54. The summed E-state index contributed by atoms with van der Waals surface area (Å²) >= 11 is 0. The molecule has 0 bridgehead atoms. The third-order valence-corrected chi connectivity index (χ3v) is 4.23. The van der Waals surface area contributed by atoms with E-state index in [1.54, 1.807) is 11.9 Å². The molecule has 3 amide bonds. The van der Waals surface area contributed by atoms with Crippen molar-refractivity contribution in [2.75, 3.05) is 39.9 Å². The summed E-state index contributed by atoms with van der Waals surface area (Å²) in [4.78, 5) is 36.8. The second-order valence-electron chi connectivity index (χ2n) is 5.44. The van der Waals surface area contributed by atoms with Crippen molar-refractivity contribution in [3.8, 4) is 0 Å². The molecular formula is C13H21N3O4. The molecule has 2 N–H and O–H groups in total. The van der Waals surface area contributed by atoms with Crippen LogP contribution < -0.4 is 10.6 Å². The number of nitrogens with one attached hydrogen (secondary N) is 2. The van der Waals surface area contributed by atoms with Crippen LogP contribution in [0.5, 0.6) is 0 Å². The summed E-state index contributed by atoms with van der Waals surface area (Å²) in [5.41, 5.74) is -0.543. The Morgan fingerprint density at radius 3 is 2.80 bits per heavy atom. The molecule has 2 saturated heterocycles. The number of carbonyl (C=O) groups is 3. The summed E-state index contributed by atoms with van der Waals surface area (Å²) in [6.07, 6.45) is 0.626. The van der Waals surface area contributed by atoms with Gasteiger partial charge in [-0.25, -0.2) is 0 Å². The van der Waals surface area contributed by atoms with Crippen molar-refractivity contribution in [3.05, 3.63) is 0 Å². The quantitative estimate of drug-likeness (QED) is 0.676. The van der Waals surface area contributed by atoms with E-state index >= 15 is 0 Å². The van der Waals surface area contributed by atoms with Gasteiger partial charge in [0.2, 0.25) is 17.7 Å². The maximum absolute atomic E-state index is 12.2. The van der Waals surface area contributed by atoms with Crippen molar-refractivity contribution >= 4 is 17.7 Å². The van der Waals surface area contributed by atoms with Crippen molar-refractivity contribution in [1.82, 2.24) is 15.5 Å². The molecule has 2 aliphatic rings. The van der Waals surface area contributed by atoms with Gasteiger partial charge in [-0.1, -0.05) is 0 Å². The number of likely N-dealkylation sites (tertiary alicyclic amines) is 1. The third-order valence-electron chi connectivity index (χ3n) is 4.23. The third kappa shape index (κ3) is 2.63. The highest BCUT2D eigenvalue weighted by Crippen LogP contribution is 2.42.